The summed E-state index contributed by atoms with van der Waals surface area (Å²) in [5.74, 6) is 2.05. The second-order valence-electron chi connectivity index (χ2n) is 7.12. The first kappa shape index (κ1) is 19.4. The Bertz CT molecular complexity index is 906. The van der Waals surface area contributed by atoms with Crippen molar-refractivity contribution in [2.24, 2.45) is 5.73 Å². The van der Waals surface area contributed by atoms with Gasteiger partial charge < -0.3 is 15.0 Å². The van der Waals surface area contributed by atoms with Crippen molar-refractivity contribution < 1.29 is 9.26 Å². The molecular weight excluding hydrogens is 362 g/mol. The molecule has 27 heavy (non-hydrogen) atoms. The smallest absolute Gasteiger partial charge is 0.231 e. The maximum absolute atomic E-state index is 6.26. The van der Waals surface area contributed by atoms with Gasteiger partial charge in [-0.2, -0.15) is 4.98 Å². The molecule has 2 N–H and O–H groups in total. The predicted octanol–water partition coefficient (Wildman–Crippen LogP) is 4.31. The van der Waals surface area contributed by atoms with Gasteiger partial charge in [0.2, 0.25) is 5.89 Å². The van der Waals surface area contributed by atoms with Gasteiger partial charge in [0, 0.05) is 0 Å². The lowest BCUT2D eigenvalue weighted by molar-refractivity contribution is 0.229. The minimum atomic E-state index is -0.388. The Hall–Kier alpha value is -2.37. The van der Waals surface area contributed by atoms with Crippen molar-refractivity contribution in [1.29, 1.82) is 0 Å². The molecule has 6 heteroatoms. The fourth-order valence-corrected chi connectivity index (χ4v) is 3.20. The molecule has 1 aliphatic rings. The van der Waals surface area contributed by atoms with Crippen molar-refractivity contribution in [3.8, 4) is 5.75 Å². The molecule has 2 aromatic carbocycles. The van der Waals surface area contributed by atoms with Gasteiger partial charge in [0.05, 0.1) is 12.0 Å². The molecule has 5 nitrogen and oxygen atoms in total. The van der Waals surface area contributed by atoms with E-state index in [0.717, 1.165) is 36.1 Å². The van der Waals surface area contributed by atoms with Crippen molar-refractivity contribution in [1.82, 2.24) is 10.1 Å². The Labute approximate surface area is 165 Å². The van der Waals surface area contributed by atoms with Crippen LogP contribution in [-0.2, 0) is 18.6 Å². The van der Waals surface area contributed by atoms with E-state index in [1.54, 1.807) is 0 Å². The molecule has 0 bridgehead atoms. The highest BCUT2D eigenvalue weighted by molar-refractivity contribution is 5.85. The maximum atomic E-state index is 6.26. The Morgan fingerprint density at radius 3 is 2.63 bits per heavy atom. The van der Waals surface area contributed by atoms with E-state index in [4.69, 9.17) is 15.0 Å². The Morgan fingerprint density at radius 2 is 1.89 bits per heavy atom. The van der Waals surface area contributed by atoms with Gasteiger partial charge in [0.1, 0.15) is 12.4 Å². The lowest BCUT2D eigenvalue weighted by Gasteiger charge is -2.34. The average molecular weight is 386 g/mol. The van der Waals surface area contributed by atoms with Crippen molar-refractivity contribution >= 4 is 12.4 Å². The summed E-state index contributed by atoms with van der Waals surface area (Å²) in [6.07, 6.45) is 3.55. The molecule has 0 radical (unpaired) electrons. The van der Waals surface area contributed by atoms with Crippen LogP contribution in [0, 0.1) is 6.92 Å². The number of halogens is 1. The monoisotopic (exact) mass is 385 g/mol. The van der Waals surface area contributed by atoms with Crippen LogP contribution in [-0.4, -0.2) is 10.1 Å². The number of nitrogens with zero attached hydrogens (tertiary/aromatic N) is 2. The molecule has 4 rings (SSSR count). The van der Waals surface area contributed by atoms with Crippen LogP contribution in [0.1, 0.15) is 47.7 Å². The highest BCUT2D eigenvalue weighted by atomic mass is 35.5. The van der Waals surface area contributed by atoms with Crippen LogP contribution in [0.15, 0.2) is 53.1 Å². The van der Waals surface area contributed by atoms with Crippen LogP contribution >= 0.6 is 12.4 Å². The SMILES string of the molecule is Cc1cccc(COc2cccc(Cc3nc(C4(N)CCC4)no3)c2)c1.Cl. The summed E-state index contributed by atoms with van der Waals surface area (Å²) in [5, 5.41) is 4.07. The molecule has 0 amide bonds. The normalized spacial score (nSPS) is 14.9. The molecular formula is C21H24ClN3O2. The summed E-state index contributed by atoms with van der Waals surface area (Å²) >= 11 is 0. The number of hydrogen-bond donors (Lipinski definition) is 1. The molecule has 142 valence electrons. The zero-order valence-electron chi connectivity index (χ0n) is 15.4. The minimum Gasteiger partial charge on any atom is -0.489 e. The zero-order chi connectivity index (χ0) is 18.0. The number of benzene rings is 2. The zero-order valence-corrected chi connectivity index (χ0v) is 16.2. The van der Waals surface area contributed by atoms with E-state index in [1.165, 1.54) is 5.56 Å². The fourth-order valence-electron chi connectivity index (χ4n) is 3.20. The lowest BCUT2D eigenvalue weighted by Crippen LogP contribution is -2.44. The van der Waals surface area contributed by atoms with Gasteiger partial charge >= 0.3 is 0 Å². The minimum absolute atomic E-state index is 0. The van der Waals surface area contributed by atoms with Crippen LogP contribution in [0.3, 0.4) is 0 Å². The number of hydrogen-bond acceptors (Lipinski definition) is 5. The number of rotatable bonds is 6. The van der Waals surface area contributed by atoms with Crippen molar-refractivity contribution in [2.75, 3.05) is 0 Å². The molecule has 1 saturated carbocycles. The van der Waals surface area contributed by atoms with Crippen LogP contribution in [0.2, 0.25) is 0 Å². The van der Waals surface area contributed by atoms with E-state index in [-0.39, 0.29) is 17.9 Å². The summed E-state index contributed by atoms with van der Waals surface area (Å²) in [6.45, 7) is 2.63. The number of nitrogens with two attached hydrogens (primary N) is 1. The van der Waals surface area contributed by atoms with Crippen LogP contribution in [0.5, 0.6) is 5.75 Å². The molecule has 1 aromatic heterocycles. The quantitative estimate of drug-likeness (QED) is 0.684. The molecule has 1 aliphatic carbocycles. The van der Waals surface area contributed by atoms with E-state index < -0.39 is 0 Å². The van der Waals surface area contributed by atoms with Gasteiger partial charge in [0.25, 0.3) is 0 Å². The van der Waals surface area contributed by atoms with Crippen LogP contribution in [0.4, 0.5) is 0 Å². The highest BCUT2D eigenvalue weighted by Gasteiger charge is 2.38. The third-order valence-corrected chi connectivity index (χ3v) is 4.90. The third kappa shape index (κ3) is 4.49. The van der Waals surface area contributed by atoms with Gasteiger partial charge in [-0.05, 0) is 49.4 Å². The Kier molecular flexibility index (Phi) is 5.82. The number of aryl methyl sites for hydroxylation is 1. The predicted molar refractivity (Wildman–Crippen MR) is 106 cm³/mol. The van der Waals surface area contributed by atoms with E-state index in [1.807, 2.05) is 30.3 Å². The summed E-state index contributed by atoms with van der Waals surface area (Å²) in [7, 11) is 0. The highest BCUT2D eigenvalue weighted by Crippen LogP contribution is 2.37. The van der Waals surface area contributed by atoms with Crippen molar-refractivity contribution in [2.45, 2.75) is 44.8 Å². The molecule has 0 saturated heterocycles. The second kappa shape index (κ2) is 8.11. The lowest BCUT2D eigenvalue weighted by atomic mass is 9.77. The van der Waals surface area contributed by atoms with Crippen molar-refractivity contribution in [3.05, 3.63) is 76.9 Å². The second-order valence-corrected chi connectivity index (χ2v) is 7.12. The van der Waals surface area contributed by atoms with Gasteiger partial charge in [0.15, 0.2) is 5.82 Å². The summed E-state index contributed by atoms with van der Waals surface area (Å²) < 4.78 is 11.3. The number of aromatic nitrogens is 2. The van der Waals surface area contributed by atoms with E-state index in [0.29, 0.717) is 24.7 Å². The first-order chi connectivity index (χ1) is 12.6. The molecule has 0 unspecified atom stereocenters. The van der Waals surface area contributed by atoms with Gasteiger partial charge in [-0.1, -0.05) is 47.1 Å². The van der Waals surface area contributed by atoms with Gasteiger partial charge in [-0.15, -0.1) is 12.4 Å². The molecule has 0 atom stereocenters. The maximum Gasteiger partial charge on any atom is 0.231 e. The van der Waals surface area contributed by atoms with E-state index in [9.17, 15) is 0 Å². The molecule has 3 aromatic rings. The summed E-state index contributed by atoms with van der Waals surface area (Å²) in [5.41, 5.74) is 9.33. The van der Waals surface area contributed by atoms with E-state index in [2.05, 4.69) is 35.3 Å². The number of ether oxygens (including phenoxy) is 1. The molecule has 1 heterocycles. The molecule has 0 spiro atoms. The van der Waals surface area contributed by atoms with Crippen LogP contribution in [0.25, 0.3) is 0 Å². The van der Waals surface area contributed by atoms with Crippen molar-refractivity contribution in [3.63, 3.8) is 0 Å². The first-order valence-corrected chi connectivity index (χ1v) is 9.00. The molecule has 1 fully saturated rings. The Morgan fingerprint density at radius 1 is 1.11 bits per heavy atom. The fraction of sp³-hybridized carbons (Fsp3) is 0.333. The Balaban J connectivity index is 0.00000210. The largest absolute Gasteiger partial charge is 0.489 e. The average Bonchev–Trinajstić information content (AvgIpc) is 3.07. The van der Waals surface area contributed by atoms with Gasteiger partial charge in [-0.3, -0.25) is 0 Å². The van der Waals surface area contributed by atoms with Crippen LogP contribution < -0.4 is 10.5 Å². The third-order valence-electron chi connectivity index (χ3n) is 4.90. The topological polar surface area (TPSA) is 74.2 Å². The van der Waals surface area contributed by atoms with Gasteiger partial charge in [-0.25, -0.2) is 0 Å². The summed E-state index contributed by atoms with van der Waals surface area (Å²) in [6, 6.07) is 16.3. The summed E-state index contributed by atoms with van der Waals surface area (Å²) in [4.78, 5) is 4.49. The first-order valence-electron chi connectivity index (χ1n) is 9.00. The standard InChI is InChI=1S/C21H23N3O2.ClH/c1-15-5-2-7-17(11-15)14-25-18-8-3-6-16(12-18)13-19-23-20(24-26-19)21(22)9-4-10-21;/h2-3,5-8,11-12H,4,9-10,13-14,22H2,1H3;1H. The van der Waals surface area contributed by atoms with E-state index >= 15 is 0 Å². The molecule has 0 aliphatic heterocycles.